The largest absolute Gasteiger partial charge is 0.346 e. The highest BCUT2D eigenvalue weighted by atomic mass is 15.4. The fraction of sp³-hybridized carbons (Fsp3) is 0.0652. The van der Waals surface area contributed by atoms with Crippen LogP contribution in [0.5, 0.6) is 0 Å². The zero-order valence-electron chi connectivity index (χ0n) is 27.5. The van der Waals surface area contributed by atoms with Gasteiger partial charge in [-0.25, -0.2) is 4.99 Å². The average Bonchev–Trinajstić information content (AvgIpc) is 3.47. The van der Waals surface area contributed by atoms with Gasteiger partial charge in [-0.05, 0) is 65.9 Å². The van der Waals surface area contributed by atoms with Crippen LogP contribution in [0.4, 0.5) is 17.1 Å². The Morgan fingerprint density at radius 2 is 1.16 bits per heavy atom. The van der Waals surface area contributed by atoms with Gasteiger partial charge >= 0.3 is 0 Å². The van der Waals surface area contributed by atoms with Crippen LogP contribution in [0, 0.1) is 0 Å². The normalized spacial score (nSPS) is 15.4. The first-order valence-electron chi connectivity index (χ1n) is 17.4. The summed E-state index contributed by atoms with van der Waals surface area (Å²) in [7, 11) is 0. The Bertz CT molecular complexity index is 2450. The quantitative estimate of drug-likeness (QED) is 0.207. The molecule has 1 aromatic heterocycles. The van der Waals surface area contributed by atoms with Gasteiger partial charge in [0.2, 0.25) is 6.29 Å². The number of nitrogens with zero attached hydrogens (tertiary/aromatic N) is 3. The molecular weight excluding hydrogens is 609 g/mol. The van der Waals surface area contributed by atoms with Gasteiger partial charge in [-0.1, -0.05) is 133 Å². The number of hydrogen-bond donors (Lipinski definition) is 1. The summed E-state index contributed by atoms with van der Waals surface area (Å²) in [5, 5.41) is 3.85. The molecule has 0 bridgehead atoms. The maximum atomic E-state index is 5.52. The van der Waals surface area contributed by atoms with Crippen molar-refractivity contribution in [1.29, 1.82) is 0 Å². The molecule has 0 spiro atoms. The van der Waals surface area contributed by atoms with Crippen molar-refractivity contribution in [3.8, 4) is 39.2 Å². The predicted octanol–water partition coefficient (Wildman–Crippen LogP) is 11.1. The fourth-order valence-corrected chi connectivity index (χ4v) is 8.04. The SMILES string of the molecule is C1=Cc2c(c3c(n2-c2ccc(-c4ccccc4)cc2)-c2ccccc2N(C2N=C(c4ccccc4)c4ccccc4N2)c2ccccc2-3)CC1. The van der Waals surface area contributed by atoms with Gasteiger partial charge in [-0.2, -0.15) is 0 Å². The molecule has 4 nitrogen and oxygen atoms in total. The molecular formula is C46H34N4. The Hall–Kier alpha value is -6.39. The minimum Gasteiger partial charge on any atom is -0.346 e. The first-order valence-corrected chi connectivity index (χ1v) is 17.4. The van der Waals surface area contributed by atoms with Crippen LogP contribution in [0.25, 0.3) is 45.3 Å². The topological polar surface area (TPSA) is 32.6 Å². The van der Waals surface area contributed by atoms with E-state index in [-0.39, 0.29) is 6.29 Å². The molecule has 0 amide bonds. The standard InChI is InChI=1S/C46H34N4/c1-3-15-31(16-4-1)32-27-29-34(30-28-32)49-40-24-12-8-20-36(40)43-37-21-9-13-25-41(37)50(42-26-14-10-22-38(42)45(43)49)46-47-39-23-11-7-19-35(39)44(48-46)33-17-5-2-6-18-33/h1-7,9-19,21-30,46-47H,8,20H2. The van der Waals surface area contributed by atoms with E-state index in [1.54, 1.807) is 0 Å². The van der Waals surface area contributed by atoms with Gasteiger partial charge in [0.25, 0.3) is 0 Å². The first kappa shape index (κ1) is 28.6. The zero-order chi connectivity index (χ0) is 33.0. The minimum atomic E-state index is -0.374. The van der Waals surface area contributed by atoms with Crippen molar-refractivity contribution in [1.82, 2.24) is 4.57 Å². The van der Waals surface area contributed by atoms with E-state index in [1.807, 2.05) is 0 Å². The van der Waals surface area contributed by atoms with E-state index in [0.29, 0.717) is 0 Å². The van der Waals surface area contributed by atoms with E-state index in [0.717, 1.165) is 52.4 Å². The third-order valence-electron chi connectivity index (χ3n) is 10.2. The summed E-state index contributed by atoms with van der Waals surface area (Å²) < 4.78 is 2.50. The molecule has 0 saturated carbocycles. The number of fused-ring (bicyclic) bond motifs is 8. The molecule has 0 fully saturated rings. The molecule has 3 aliphatic rings. The van der Waals surface area contributed by atoms with E-state index in [1.165, 1.54) is 44.8 Å². The molecule has 6 aromatic carbocycles. The van der Waals surface area contributed by atoms with E-state index < -0.39 is 0 Å². The maximum Gasteiger partial charge on any atom is 0.201 e. The third-order valence-corrected chi connectivity index (χ3v) is 10.2. The summed E-state index contributed by atoms with van der Waals surface area (Å²) in [6.45, 7) is 0. The Labute approximate surface area is 292 Å². The molecule has 0 radical (unpaired) electrons. The number of allylic oxidation sites excluding steroid dienone is 1. The smallest absolute Gasteiger partial charge is 0.201 e. The predicted molar refractivity (Wildman–Crippen MR) is 208 cm³/mol. The number of aromatic nitrogens is 1. The van der Waals surface area contributed by atoms with Crippen molar-refractivity contribution in [3.05, 3.63) is 186 Å². The number of aliphatic imine (C=N–C) groups is 1. The van der Waals surface area contributed by atoms with Gasteiger partial charge in [-0.15, -0.1) is 0 Å². The lowest BCUT2D eigenvalue weighted by atomic mass is 9.92. The van der Waals surface area contributed by atoms with Crippen molar-refractivity contribution in [2.24, 2.45) is 4.99 Å². The number of rotatable bonds is 4. The van der Waals surface area contributed by atoms with Crippen molar-refractivity contribution in [2.75, 3.05) is 10.2 Å². The lowest BCUT2D eigenvalue weighted by Crippen LogP contribution is -2.40. The van der Waals surface area contributed by atoms with Gasteiger partial charge in [0.1, 0.15) is 0 Å². The molecule has 7 aromatic rings. The van der Waals surface area contributed by atoms with Crippen LogP contribution in [0.2, 0.25) is 0 Å². The van der Waals surface area contributed by atoms with Crippen molar-refractivity contribution in [2.45, 2.75) is 19.1 Å². The summed E-state index contributed by atoms with van der Waals surface area (Å²) in [6, 6.07) is 56.5. The van der Waals surface area contributed by atoms with Gasteiger partial charge in [0.15, 0.2) is 0 Å². The molecule has 2 aliphatic heterocycles. The zero-order valence-corrected chi connectivity index (χ0v) is 27.5. The average molecular weight is 643 g/mol. The molecule has 1 N–H and O–H groups in total. The van der Waals surface area contributed by atoms with E-state index in [2.05, 4.69) is 185 Å². The van der Waals surface area contributed by atoms with E-state index in [4.69, 9.17) is 4.99 Å². The second-order valence-electron chi connectivity index (χ2n) is 13.1. The number of para-hydroxylation sites is 3. The van der Waals surface area contributed by atoms with Gasteiger partial charge < -0.3 is 14.8 Å². The van der Waals surface area contributed by atoms with E-state index >= 15 is 0 Å². The van der Waals surface area contributed by atoms with Gasteiger partial charge in [0.05, 0.1) is 22.8 Å². The minimum absolute atomic E-state index is 0.374. The Balaban J connectivity index is 1.22. The van der Waals surface area contributed by atoms with Crippen molar-refractivity contribution >= 4 is 28.8 Å². The Morgan fingerprint density at radius 3 is 1.92 bits per heavy atom. The number of benzene rings is 6. The van der Waals surface area contributed by atoms with Crippen LogP contribution in [0.15, 0.2) is 169 Å². The maximum absolute atomic E-state index is 5.52. The van der Waals surface area contributed by atoms with E-state index in [9.17, 15) is 0 Å². The van der Waals surface area contributed by atoms with Gasteiger partial charge in [-0.3, -0.25) is 0 Å². The highest BCUT2D eigenvalue weighted by Gasteiger charge is 2.36. The molecule has 50 heavy (non-hydrogen) atoms. The second kappa shape index (κ2) is 11.6. The Kier molecular flexibility index (Phi) is 6.66. The first-order chi connectivity index (χ1) is 24.8. The highest BCUT2D eigenvalue weighted by Crippen LogP contribution is 2.53. The molecule has 238 valence electrons. The molecule has 1 atom stereocenters. The van der Waals surface area contributed by atoms with Crippen LogP contribution < -0.4 is 10.2 Å². The fourth-order valence-electron chi connectivity index (χ4n) is 8.04. The summed E-state index contributed by atoms with van der Waals surface area (Å²) in [6.07, 6.45) is 6.29. The second-order valence-corrected chi connectivity index (χ2v) is 13.1. The van der Waals surface area contributed by atoms with Crippen LogP contribution in [0.3, 0.4) is 0 Å². The summed E-state index contributed by atoms with van der Waals surface area (Å²) in [5.74, 6) is 0. The summed E-state index contributed by atoms with van der Waals surface area (Å²) >= 11 is 0. The summed E-state index contributed by atoms with van der Waals surface area (Å²) in [5.41, 5.74) is 17.7. The van der Waals surface area contributed by atoms with Crippen LogP contribution >= 0.6 is 0 Å². The Morgan fingerprint density at radius 1 is 0.560 bits per heavy atom. The number of anilines is 3. The van der Waals surface area contributed by atoms with Crippen LogP contribution in [-0.4, -0.2) is 16.6 Å². The lowest BCUT2D eigenvalue weighted by Gasteiger charge is -2.37. The third kappa shape index (κ3) is 4.49. The van der Waals surface area contributed by atoms with Crippen LogP contribution in [0.1, 0.15) is 28.8 Å². The molecule has 10 rings (SSSR count). The summed E-state index contributed by atoms with van der Waals surface area (Å²) in [4.78, 5) is 7.94. The monoisotopic (exact) mass is 642 g/mol. The van der Waals surface area contributed by atoms with Crippen molar-refractivity contribution < 1.29 is 0 Å². The van der Waals surface area contributed by atoms with Crippen LogP contribution in [-0.2, 0) is 6.42 Å². The van der Waals surface area contributed by atoms with Crippen molar-refractivity contribution in [3.63, 3.8) is 0 Å². The molecule has 3 heterocycles. The highest BCUT2D eigenvalue weighted by molar-refractivity contribution is 6.17. The van der Waals surface area contributed by atoms with Gasteiger partial charge in [0, 0.05) is 44.9 Å². The lowest BCUT2D eigenvalue weighted by molar-refractivity contribution is 0.764. The molecule has 0 saturated heterocycles. The molecule has 4 heteroatoms. The number of hydrogen-bond acceptors (Lipinski definition) is 3. The number of nitrogens with one attached hydrogen (secondary N) is 1. The molecule has 1 aliphatic carbocycles. The molecule has 1 unspecified atom stereocenters.